The average molecular weight is 295 g/mol. The lowest BCUT2D eigenvalue weighted by molar-refractivity contribution is -0.138. The zero-order chi connectivity index (χ0) is 15.0. The zero-order valence-corrected chi connectivity index (χ0v) is 10.3. The summed E-state index contributed by atoms with van der Waals surface area (Å²) in [5, 5.41) is 0. The summed E-state index contributed by atoms with van der Waals surface area (Å²) < 4.78 is 44.0. The molecule has 6 nitrogen and oxygen atoms in total. The maximum Gasteiger partial charge on any atom is 0.419 e. The quantitative estimate of drug-likeness (QED) is 0.758. The van der Waals surface area contributed by atoms with Crippen molar-refractivity contribution in [2.24, 2.45) is 0 Å². The summed E-state index contributed by atoms with van der Waals surface area (Å²) in [4.78, 5) is 14.2. The van der Waals surface area contributed by atoms with Gasteiger partial charge >= 0.3 is 6.18 Å². The van der Waals surface area contributed by atoms with Crippen LogP contribution >= 0.6 is 0 Å². The molecule has 0 aliphatic heterocycles. The first-order valence-corrected chi connectivity index (χ1v) is 5.76. The van der Waals surface area contributed by atoms with Gasteiger partial charge in [0.25, 0.3) is 5.88 Å². The van der Waals surface area contributed by atoms with E-state index in [1.807, 2.05) is 0 Å². The number of hydrogen-bond donors (Lipinski definition) is 2. The molecule has 3 rings (SSSR count). The van der Waals surface area contributed by atoms with Crippen LogP contribution in [0.4, 0.5) is 19.1 Å². The summed E-state index contributed by atoms with van der Waals surface area (Å²) in [5.74, 6) is -0.639. The molecule has 3 aromatic rings. The molecule has 0 spiro atoms. The van der Waals surface area contributed by atoms with Crippen LogP contribution < -0.4 is 10.5 Å². The van der Waals surface area contributed by atoms with Crippen molar-refractivity contribution >= 4 is 17.1 Å². The van der Waals surface area contributed by atoms with Crippen LogP contribution in [0.1, 0.15) is 5.56 Å². The Bertz CT molecular complexity index is 799. The van der Waals surface area contributed by atoms with E-state index in [0.29, 0.717) is 0 Å². The molecule has 108 valence electrons. The Kier molecular flexibility index (Phi) is 2.89. The van der Waals surface area contributed by atoms with Crippen molar-refractivity contribution in [1.29, 1.82) is 0 Å². The summed E-state index contributed by atoms with van der Waals surface area (Å²) >= 11 is 0. The van der Waals surface area contributed by atoms with Crippen LogP contribution in [0.2, 0.25) is 0 Å². The number of benzene rings is 1. The number of alkyl halides is 3. The number of hydrogen-bond acceptors (Lipinski definition) is 5. The third-order valence-corrected chi connectivity index (χ3v) is 2.67. The number of H-pyrrole nitrogens is 1. The van der Waals surface area contributed by atoms with Gasteiger partial charge in [-0.2, -0.15) is 23.1 Å². The molecule has 0 amide bonds. The molecule has 9 heteroatoms. The first kappa shape index (κ1) is 13.2. The molecule has 0 unspecified atom stereocenters. The molecule has 1 aromatic carbocycles. The predicted octanol–water partition coefficient (Wildman–Crippen LogP) is 2.75. The third-order valence-electron chi connectivity index (χ3n) is 2.67. The Balaban J connectivity index is 2.09. The highest BCUT2D eigenvalue weighted by Gasteiger charge is 2.34. The molecule has 0 aliphatic carbocycles. The van der Waals surface area contributed by atoms with Gasteiger partial charge < -0.3 is 15.5 Å². The van der Waals surface area contributed by atoms with Gasteiger partial charge in [-0.05, 0) is 12.1 Å². The molecule has 0 aliphatic rings. The van der Waals surface area contributed by atoms with Crippen molar-refractivity contribution in [2.75, 3.05) is 5.73 Å². The Morgan fingerprint density at radius 3 is 2.67 bits per heavy atom. The first-order valence-electron chi connectivity index (χ1n) is 5.76. The minimum Gasteiger partial charge on any atom is -0.436 e. The van der Waals surface area contributed by atoms with Crippen molar-refractivity contribution in [3.05, 3.63) is 36.2 Å². The van der Waals surface area contributed by atoms with Crippen molar-refractivity contribution in [3.63, 3.8) is 0 Å². The number of nitrogens with one attached hydrogen (secondary N) is 1. The van der Waals surface area contributed by atoms with E-state index in [-0.39, 0.29) is 28.7 Å². The fraction of sp³-hybridized carbons (Fsp3) is 0.0833. The number of aromatic nitrogens is 4. The third kappa shape index (κ3) is 2.45. The van der Waals surface area contributed by atoms with Gasteiger partial charge in [0.05, 0.1) is 11.9 Å². The molecular weight excluding hydrogens is 287 g/mol. The minimum atomic E-state index is -4.54. The van der Waals surface area contributed by atoms with Gasteiger partial charge in [0, 0.05) is 0 Å². The second kappa shape index (κ2) is 4.62. The Labute approximate surface area is 115 Å². The smallest absolute Gasteiger partial charge is 0.419 e. The monoisotopic (exact) mass is 295 g/mol. The van der Waals surface area contributed by atoms with Crippen molar-refractivity contribution in [1.82, 2.24) is 19.9 Å². The Hall–Kier alpha value is -2.84. The number of nitrogens with two attached hydrogens (primary N) is 1. The highest BCUT2D eigenvalue weighted by atomic mass is 19.4. The normalized spacial score (nSPS) is 11.8. The van der Waals surface area contributed by atoms with E-state index < -0.39 is 11.7 Å². The fourth-order valence-electron chi connectivity index (χ4n) is 1.79. The number of imidazole rings is 1. The van der Waals surface area contributed by atoms with E-state index in [9.17, 15) is 13.2 Å². The molecular formula is C12H8F3N5O. The first-order chi connectivity index (χ1) is 9.95. The number of nitrogens with zero attached hydrogens (tertiary/aromatic N) is 3. The molecule has 0 radical (unpaired) electrons. The van der Waals surface area contributed by atoms with E-state index in [4.69, 9.17) is 10.5 Å². The van der Waals surface area contributed by atoms with Crippen LogP contribution in [-0.2, 0) is 6.18 Å². The summed E-state index contributed by atoms with van der Waals surface area (Å²) in [6.45, 7) is 0. The second-order valence-electron chi connectivity index (χ2n) is 4.08. The van der Waals surface area contributed by atoms with Crippen molar-refractivity contribution < 1.29 is 17.9 Å². The lowest BCUT2D eigenvalue weighted by Gasteiger charge is -2.13. The molecule has 0 saturated carbocycles. The molecule has 2 aromatic heterocycles. The molecule has 2 heterocycles. The predicted molar refractivity (Wildman–Crippen MR) is 67.6 cm³/mol. The highest BCUT2D eigenvalue weighted by molar-refractivity contribution is 5.77. The largest absolute Gasteiger partial charge is 0.436 e. The maximum absolute atomic E-state index is 12.9. The summed E-state index contributed by atoms with van der Waals surface area (Å²) in [6.07, 6.45) is -3.22. The van der Waals surface area contributed by atoms with E-state index in [0.717, 1.165) is 6.07 Å². The van der Waals surface area contributed by atoms with Gasteiger partial charge in [0.15, 0.2) is 5.65 Å². The van der Waals surface area contributed by atoms with E-state index in [2.05, 4.69) is 19.9 Å². The molecule has 0 saturated heterocycles. The lowest BCUT2D eigenvalue weighted by atomic mass is 10.2. The molecule has 3 N–H and O–H groups in total. The SMILES string of the molecule is Nc1nc(Oc2ccccc2C(F)(F)F)c2[nH]cnc2n1. The standard InChI is InChI=1S/C12H8F3N5O/c13-12(14,15)6-3-1-2-4-7(6)21-10-8-9(18-5-17-8)19-11(16)20-10/h1-5H,(H3,16,17,18,19,20). The molecule has 0 atom stereocenters. The van der Waals surface area contributed by atoms with Crippen LogP contribution in [0.3, 0.4) is 0 Å². The maximum atomic E-state index is 12.9. The van der Waals surface area contributed by atoms with Crippen LogP contribution in [-0.4, -0.2) is 19.9 Å². The number of nitrogen functional groups attached to an aromatic ring is 1. The Morgan fingerprint density at radius 1 is 1.14 bits per heavy atom. The van der Waals surface area contributed by atoms with Crippen molar-refractivity contribution in [2.45, 2.75) is 6.18 Å². The van der Waals surface area contributed by atoms with E-state index >= 15 is 0 Å². The number of para-hydroxylation sites is 1. The van der Waals surface area contributed by atoms with Gasteiger partial charge in [0.2, 0.25) is 5.95 Å². The summed E-state index contributed by atoms with van der Waals surface area (Å²) in [7, 11) is 0. The van der Waals surface area contributed by atoms with Crippen LogP contribution in [0.25, 0.3) is 11.2 Å². The summed E-state index contributed by atoms with van der Waals surface area (Å²) in [5.41, 5.74) is 5.05. The second-order valence-corrected chi connectivity index (χ2v) is 4.08. The van der Waals surface area contributed by atoms with Gasteiger partial charge in [-0.1, -0.05) is 12.1 Å². The number of fused-ring (bicyclic) bond motifs is 1. The number of ether oxygens (including phenoxy) is 1. The molecule has 0 fully saturated rings. The van der Waals surface area contributed by atoms with E-state index in [1.54, 1.807) is 0 Å². The minimum absolute atomic E-state index is 0.119. The van der Waals surface area contributed by atoms with Gasteiger partial charge in [-0.3, -0.25) is 0 Å². The topological polar surface area (TPSA) is 89.7 Å². The van der Waals surface area contributed by atoms with Crippen LogP contribution in [0.5, 0.6) is 11.6 Å². The average Bonchev–Trinajstić information content (AvgIpc) is 2.86. The summed E-state index contributed by atoms with van der Waals surface area (Å²) in [6, 6.07) is 4.82. The van der Waals surface area contributed by atoms with Gasteiger partial charge in [0.1, 0.15) is 11.3 Å². The fourth-order valence-corrected chi connectivity index (χ4v) is 1.79. The van der Waals surface area contributed by atoms with Gasteiger partial charge in [-0.15, -0.1) is 0 Å². The Morgan fingerprint density at radius 2 is 1.90 bits per heavy atom. The lowest BCUT2D eigenvalue weighted by Crippen LogP contribution is -2.07. The van der Waals surface area contributed by atoms with E-state index in [1.165, 1.54) is 24.5 Å². The highest BCUT2D eigenvalue weighted by Crippen LogP contribution is 2.38. The zero-order valence-electron chi connectivity index (χ0n) is 10.3. The van der Waals surface area contributed by atoms with Gasteiger partial charge in [-0.25, -0.2) is 4.98 Å². The number of aromatic amines is 1. The molecule has 0 bridgehead atoms. The number of anilines is 1. The number of rotatable bonds is 2. The van der Waals surface area contributed by atoms with Crippen LogP contribution in [0.15, 0.2) is 30.6 Å². The molecule has 21 heavy (non-hydrogen) atoms. The van der Waals surface area contributed by atoms with Crippen LogP contribution in [0, 0.1) is 0 Å². The van der Waals surface area contributed by atoms with Crippen molar-refractivity contribution in [3.8, 4) is 11.6 Å². The number of halogens is 3.